The van der Waals surface area contributed by atoms with E-state index in [9.17, 15) is 0 Å². The van der Waals surface area contributed by atoms with Crippen LogP contribution in [0.25, 0.3) is 0 Å². The molecule has 0 N–H and O–H groups in total. The topological polar surface area (TPSA) is 40.2 Å². The van der Waals surface area contributed by atoms with E-state index in [1.165, 1.54) is 38.5 Å². The summed E-state index contributed by atoms with van der Waals surface area (Å²) in [5, 5.41) is 0. The average molecular weight is 345 g/mol. The van der Waals surface area contributed by atoms with Gasteiger partial charge in [-0.2, -0.15) is 0 Å². The normalized spacial score (nSPS) is 18.8. The molecule has 4 heteroatoms. The van der Waals surface area contributed by atoms with E-state index in [4.69, 9.17) is 18.9 Å². The molecule has 0 bridgehead atoms. The summed E-state index contributed by atoms with van der Waals surface area (Å²) in [4.78, 5) is 0. The molecule has 0 saturated carbocycles. The van der Waals surface area contributed by atoms with Crippen molar-refractivity contribution in [1.29, 1.82) is 0 Å². The van der Waals surface area contributed by atoms with Crippen molar-refractivity contribution in [2.45, 2.75) is 103 Å². The summed E-state index contributed by atoms with van der Waals surface area (Å²) in [6, 6.07) is 0. The average Bonchev–Trinajstić information content (AvgIpc) is 3.39. The van der Waals surface area contributed by atoms with Gasteiger partial charge in [-0.05, 0) is 26.7 Å². The lowest BCUT2D eigenvalue weighted by atomic mass is 9.98. The second-order valence-electron chi connectivity index (χ2n) is 6.73. The third kappa shape index (κ3) is 8.28. The molecule has 0 spiro atoms. The zero-order valence-electron chi connectivity index (χ0n) is 16.5. The predicted molar refractivity (Wildman–Crippen MR) is 98.4 cm³/mol. The van der Waals surface area contributed by atoms with Crippen LogP contribution in [0.2, 0.25) is 0 Å². The summed E-state index contributed by atoms with van der Waals surface area (Å²) in [5.41, 5.74) is 0. The Kier molecular flexibility index (Phi) is 11.9. The SMILES string of the molecule is CCCCCCCCCC(OCC)(OCC)C(CC)OCC1CO1. The first kappa shape index (κ1) is 21.9. The van der Waals surface area contributed by atoms with Gasteiger partial charge in [0.25, 0.3) is 0 Å². The van der Waals surface area contributed by atoms with Gasteiger partial charge in [-0.1, -0.05) is 52.4 Å². The fourth-order valence-corrected chi connectivity index (χ4v) is 3.29. The molecule has 0 amide bonds. The summed E-state index contributed by atoms with van der Waals surface area (Å²) in [6.07, 6.45) is 11.1. The fourth-order valence-electron chi connectivity index (χ4n) is 3.29. The van der Waals surface area contributed by atoms with Gasteiger partial charge < -0.3 is 18.9 Å². The summed E-state index contributed by atoms with van der Waals surface area (Å²) >= 11 is 0. The summed E-state index contributed by atoms with van der Waals surface area (Å²) in [5.74, 6) is -0.601. The molecule has 2 atom stereocenters. The largest absolute Gasteiger partial charge is 0.371 e. The molecule has 4 nitrogen and oxygen atoms in total. The fraction of sp³-hybridized carbons (Fsp3) is 1.00. The van der Waals surface area contributed by atoms with Crippen molar-refractivity contribution >= 4 is 0 Å². The van der Waals surface area contributed by atoms with Gasteiger partial charge >= 0.3 is 0 Å². The number of ether oxygens (including phenoxy) is 4. The third-order valence-electron chi connectivity index (χ3n) is 4.65. The van der Waals surface area contributed by atoms with Crippen LogP contribution in [0.4, 0.5) is 0 Å². The van der Waals surface area contributed by atoms with E-state index in [1.54, 1.807) is 0 Å². The first-order chi connectivity index (χ1) is 11.7. The Morgan fingerprint density at radius 1 is 0.917 bits per heavy atom. The van der Waals surface area contributed by atoms with Crippen LogP contribution in [-0.4, -0.2) is 44.4 Å². The Hall–Kier alpha value is -0.160. The van der Waals surface area contributed by atoms with E-state index in [2.05, 4.69) is 13.8 Å². The minimum Gasteiger partial charge on any atom is -0.371 e. The lowest BCUT2D eigenvalue weighted by Gasteiger charge is -2.39. The van der Waals surface area contributed by atoms with Crippen LogP contribution in [0.15, 0.2) is 0 Å². The Balaban J connectivity index is 2.48. The van der Waals surface area contributed by atoms with Crippen molar-refractivity contribution in [3.63, 3.8) is 0 Å². The van der Waals surface area contributed by atoms with E-state index in [0.717, 1.165) is 25.9 Å². The van der Waals surface area contributed by atoms with Crippen LogP contribution in [0.3, 0.4) is 0 Å². The maximum absolute atomic E-state index is 6.13. The van der Waals surface area contributed by atoms with Crippen LogP contribution >= 0.6 is 0 Å². The van der Waals surface area contributed by atoms with Crippen molar-refractivity contribution in [3.05, 3.63) is 0 Å². The molecule has 1 heterocycles. The first-order valence-corrected chi connectivity index (χ1v) is 10.2. The number of hydrogen-bond donors (Lipinski definition) is 0. The van der Waals surface area contributed by atoms with Gasteiger partial charge in [-0.3, -0.25) is 0 Å². The molecular formula is C20H40O4. The summed E-state index contributed by atoms with van der Waals surface area (Å²) in [6.45, 7) is 11.3. The third-order valence-corrected chi connectivity index (χ3v) is 4.65. The molecule has 1 fully saturated rings. The van der Waals surface area contributed by atoms with Gasteiger partial charge in [-0.15, -0.1) is 0 Å². The van der Waals surface area contributed by atoms with Crippen LogP contribution in [0.5, 0.6) is 0 Å². The van der Waals surface area contributed by atoms with Gasteiger partial charge in [0.15, 0.2) is 5.79 Å². The number of epoxide rings is 1. The van der Waals surface area contributed by atoms with E-state index < -0.39 is 5.79 Å². The van der Waals surface area contributed by atoms with Crippen LogP contribution in [0.1, 0.15) is 85.5 Å². The highest BCUT2D eigenvalue weighted by Gasteiger charge is 2.41. The molecular weight excluding hydrogens is 304 g/mol. The van der Waals surface area contributed by atoms with E-state index in [-0.39, 0.29) is 12.2 Å². The smallest absolute Gasteiger partial charge is 0.194 e. The quantitative estimate of drug-likeness (QED) is 0.209. The van der Waals surface area contributed by atoms with Gasteiger partial charge in [0.05, 0.1) is 13.2 Å². The zero-order chi connectivity index (χ0) is 17.7. The van der Waals surface area contributed by atoms with E-state index >= 15 is 0 Å². The molecule has 1 aliphatic heterocycles. The molecule has 1 saturated heterocycles. The Labute approximate surface area is 149 Å². The molecule has 0 radical (unpaired) electrons. The van der Waals surface area contributed by atoms with Crippen molar-refractivity contribution in [2.75, 3.05) is 26.4 Å². The Morgan fingerprint density at radius 3 is 2.00 bits per heavy atom. The lowest BCUT2D eigenvalue weighted by molar-refractivity contribution is -0.293. The molecule has 0 aliphatic carbocycles. The molecule has 0 aromatic rings. The highest BCUT2D eigenvalue weighted by Crippen LogP contribution is 2.31. The monoisotopic (exact) mass is 344 g/mol. The summed E-state index contributed by atoms with van der Waals surface area (Å²) < 4.78 is 23.7. The van der Waals surface area contributed by atoms with Gasteiger partial charge in [0.2, 0.25) is 0 Å². The second-order valence-corrected chi connectivity index (χ2v) is 6.73. The van der Waals surface area contributed by atoms with Crippen molar-refractivity contribution in [1.82, 2.24) is 0 Å². The number of rotatable bonds is 17. The zero-order valence-corrected chi connectivity index (χ0v) is 16.5. The Bertz CT molecular complexity index is 285. The molecule has 144 valence electrons. The first-order valence-electron chi connectivity index (χ1n) is 10.2. The van der Waals surface area contributed by atoms with E-state index in [1.807, 2.05) is 13.8 Å². The minimum absolute atomic E-state index is 0.0262. The summed E-state index contributed by atoms with van der Waals surface area (Å²) in [7, 11) is 0. The predicted octanol–water partition coefficient (Wildman–Crippen LogP) is 5.09. The molecule has 2 unspecified atom stereocenters. The van der Waals surface area contributed by atoms with Gasteiger partial charge in [0.1, 0.15) is 12.2 Å². The van der Waals surface area contributed by atoms with E-state index in [0.29, 0.717) is 19.8 Å². The highest BCUT2D eigenvalue weighted by molar-refractivity contribution is 4.82. The van der Waals surface area contributed by atoms with Crippen LogP contribution in [-0.2, 0) is 18.9 Å². The maximum atomic E-state index is 6.13. The standard InChI is InChI=1S/C20H40O4/c1-5-9-10-11-12-13-14-15-20(23-7-3,24-8-4)19(6-2)22-17-18-16-21-18/h18-19H,5-17H2,1-4H3. The van der Waals surface area contributed by atoms with Crippen molar-refractivity contribution < 1.29 is 18.9 Å². The number of hydrogen-bond acceptors (Lipinski definition) is 4. The maximum Gasteiger partial charge on any atom is 0.194 e. The van der Waals surface area contributed by atoms with Crippen molar-refractivity contribution in [2.24, 2.45) is 0 Å². The van der Waals surface area contributed by atoms with Crippen molar-refractivity contribution in [3.8, 4) is 0 Å². The van der Waals surface area contributed by atoms with Crippen LogP contribution in [0, 0.1) is 0 Å². The number of unbranched alkanes of at least 4 members (excludes halogenated alkanes) is 6. The van der Waals surface area contributed by atoms with Gasteiger partial charge in [0, 0.05) is 19.6 Å². The second kappa shape index (κ2) is 13.1. The molecule has 0 aromatic carbocycles. The lowest BCUT2D eigenvalue weighted by Crippen LogP contribution is -2.49. The molecule has 1 aliphatic rings. The molecule has 24 heavy (non-hydrogen) atoms. The van der Waals surface area contributed by atoms with Gasteiger partial charge in [-0.25, -0.2) is 0 Å². The highest BCUT2D eigenvalue weighted by atomic mass is 16.7. The Morgan fingerprint density at radius 2 is 1.50 bits per heavy atom. The molecule has 0 aromatic heterocycles. The molecule has 1 rings (SSSR count). The minimum atomic E-state index is -0.601. The van der Waals surface area contributed by atoms with Crippen LogP contribution < -0.4 is 0 Å².